The SMILES string of the molecule is Cc1ccc(NC(=O)CNC(=O)CN)cc1S(=O)(=O)N1CCCCC1. The molecule has 8 nitrogen and oxygen atoms in total. The van der Waals surface area contributed by atoms with E-state index in [1.165, 1.54) is 10.4 Å². The fourth-order valence-electron chi connectivity index (χ4n) is 2.66. The van der Waals surface area contributed by atoms with E-state index in [9.17, 15) is 18.0 Å². The molecule has 0 aliphatic carbocycles. The lowest BCUT2D eigenvalue weighted by Gasteiger charge is -2.26. The molecular formula is C16H24N4O4S. The van der Waals surface area contributed by atoms with Crippen molar-refractivity contribution < 1.29 is 18.0 Å². The third-order valence-electron chi connectivity index (χ3n) is 4.04. The van der Waals surface area contributed by atoms with Gasteiger partial charge in [-0.05, 0) is 37.5 Å². The number of amides is 2. The minimum atomic E-state index is -3.58. The van der Waals surface area contributed by atoms with Crippen LogP contribution in [0.15, 0.2) is 23.1 Å². The Kier molecular flexibility index (Phi) is 6.51. The zero-order chi connectivity index (χ0) is 18.4. The highest BCUT2D eigenvalue weighted by Crippen LogP contribution is 2.25. The maximum Gasteiger partial charge on any atom is 0.243 e. The van der Waals surface area contributed by atoms with E-state index in [0.29, 0.717) is 24.3 Å². The topological polar surface area (TPSA) is 122 Å². The van der Waals surface area contributed by atoms with Gasteiger partial charge in [-0.1, -0.05) is 12.5 Å². The lowest BCUT2D eigenvalue weighted by molar-refractivity contribution is -0.123. The summed E-state index contributed by atoms with van der Waals surface area (Å²) >= 11 is 0. The van der Waals surface area contributed by atoms with Crippen molar-refractivity contribution >= 4 is 27.5 Å². The summed E-state index contributed by atoms with van der Waals surface area (Å²) in [7, 11) is -3.58. The summed E-state index contributed by atoms with van der Waals surface area (Å²) in [5, 5.41) is 4.94. The fourth-order valence-corrected chi connectivity index (χ4v) is 4.42. The Morgan fingerprint density at radius 1 is 1.16 bits per heavy atom. The summed E-state index contributed by atoms with van der Waals surface area (Å²) < 4.78 is 27.2. The normalized spacial score (nSPS) is 15.6. The summed E-state index contributed by atoms with van der Waals surface area (Å²) in [6.07, 6.45) is 2.75. The molecule has 1 aliphatic heterocycles. The zero-order valence-electron chi connectivity index (χ0n) is 14.2. The molecule has 0 saturated carbocycles. The van der Waals surface area contributed by atoms with Crippen LogP contribution < -0.4 is 16.4 Å². The first-order chi connectivity index (χ1) is 11.8. The van der Waals surface area contributed by atoms with Crippen LogP contribution in [0.25, 0.3) is 0 Å². The van der Waals surface area contributed by atoms with Crippen LogP contribution in [0.5, 0.6) is 0 Å². The van der Waals surface area contributed by atoms with E-state index in [0.717, 1.165) is 19.3 Å². The molecule has 138 valence electrons. The molecule has 0 unspecified atom stereocenters. The van der Waals surface area contributed by atoms with Crippen LogP contribution in [0.1, 0.15) is 24.8 Å². The molecule has 1 aliphatic rings. The van der Waals surface area contributed by atoms with Gasteiger partial charge in [0.1, 0.15) is 0 Å². The zero-order valence-corrected chi connectivity index (χ0v) is 15.1. The van der Waals surface area contributed by atoms with Crippen molar-refractivity contribution in [3.05, 3.63) is 23.8 Å². The molecule has 0 aromatic heterocycles. The van der Waals surface area contributed by atoms with Gasteiger partial charge in [0.05, 0.1) is 18.0 Å². The predicted octanol–water partition coefficient (Wildman–Crippen LogP) is 0.183. The van der Waals surface area contributed by atoms with Gasteiger partial charge in [0.2, 0.25) is 21.8 Å². The van der Waals surface area contributed by atoms with Gasteiger partial charge in [-0.25, -0.2) is 8.42 Å². The van der Waals surface area contributed by atoms with E-state index in [2.05, 4.69) is 10.6 Å². The highest BCUT2D eigenvalue weighted by atomic mass is 32.2. The van der Waals surface area contributed by atoms with Crippen LogP contribution in [0.2, 0.25) is 0 Å². The summed E-state index contributed by atoms with van der Waals surface area (Å²) in [5.74, 6) is -0.889. The average molecular weight is 368 g/mol. The Morgan fingerprint density at radius 2 is 1.84 bits per heavy atom. The number of anilines is 1. The molecule has 4 N–H and O–H groups in total. The summed E-state index contributed by atoms with van der Waals surface area (Å²) in [4.78, 5) is 23.1. The number of hydrogen-bond donors (Lipinski definition) is 3. The molecule has 1 aromatic rings. The maximum absolute atomic E-state index is 12.8. The lowest BCUT2D eigenvalue weighted by atomic mass is 10.2. The van der Waals surface area contributed by atoms with Crippen LogP contribution in [-0.4, -0.2) is 50.7 Å². The van der Waals surface area contributed by atoms with E-state index < -0.39 is 21.8 Å². The number of carbonyl (C=O) groups is 2. The number of rotatable bonds is 6. The first-order valence-electron chi connectivity index (χ1n) is 8.22. The highest BCUT2D eigenvalue weighted by molar-refractivity contribution is 7.89. The van der Waals surface area contributed by atoms with Gasteiger partial charge in [-0.15, -0.1) is 0 Å². The van der Waals surface area contributed by atoms with E-state index in [-0.39, 0.29) is 18.0 Å². The van der Waals surface area contributed by atoms with Crippen LogP contribution in [0, 0.1) is 6.92 Å². The Bertz CT molecular complexity index is 743. The van der Waals surface area contributed by atoms with Gasteiger partial charge >= 0.3 is 0 Å². The van der Waals surface area contributed by atoms with Crippen molar-refractivity contribution in [2.75, 3.05) is 31.5 Å². The van der Waals surface area contributed by atoms with Crippen molar-refractivity contribution in [1.82, 2.24) is 9.62 Å². The van der Waals surface area contributed by atoms with E-state index in [1.54, 1.807) is 19.1 Å². The third kappa shape index (κ3) is 5.00. The molecule has 1 saturated heterocycles. The number of nitrogens with zero attached hydrogens (tertiary/aromatic N) is 1. The Balaban J connectivity index is 2.14. The van der Waals surface area contributed by atoms with Gasteiger partial charge in [-0.3, -0.25) is 9.59 Å². The van der Waals surface area contributed by atoms with Crippen molar-refractivity contribution in [2.24, 2.45) is 5.73 Å². The quantitative estimate of drug-likeness (QED) is 0.661. The molecule has 9 heteroatoms. The number of piperidine rings is 1. The number of nitrogens with one attached hydrogen (secondary N) is 2. The van der Waals surface area contributed by atoms with Crippen molar-refractivity contribution in [2.45, 2.75) is 31.1 Å². The number of carbonyl (C=O) groups excluding carboxylic acids is 2. The molecule has 0 bridgehead atoms. The Hall–Kier alpha value is -1.97. The molecule has 1 heterocycles. The first-order valence-corrected chi connectivity index (χ1v) is 9.66. The fraction of sp³-hybridized carbons (Fsp3) is 0.500. The van der Waals surface area contributed by atoms with Gasteiger partial charge < -0.3 is 16.4 Å². The Morgan fingerprint density at radius 3 is 2.48 bits per heavy atom. The van der Waals surface area contributed by atoms with E-state index in [4.69, 9.17) is 5.73 Å². The lowest BCUT2D eigenvalue weighted by Crippen LogP contribution is -2.37. The van der Waals surface area contributed by atoms with Gasteiger partial charge in [-0.2, -0.15) is 4.31 Å². The summed E-state index contributed by atoms with van der Waals surface area (Å²) in [6, 6.07) is 4.75. The third-order valence-corrected chi connectivity index (χ3v) is 6.08. The number of aryl methyl sites for hydroxylation is 1. The number of sulfonamides is 1. The molecule has 1 fully saturated rings. The molecule has 0 radical (unpaired) electrons. The number of nitrogens with two attached hydrogens (primary N) is 1. The van der Waals surface area contributed by atoms with Crippen LogP contribution in [0.4, 0.5) is 5.69 Å². The number of hydrogen-bond acceptors (Lipinski definition) is 5. The number of benzene rings is 1. The monoisotopic (exact) mass is 368 g/mol. The average Bonchev–Trinajstić information content (AvgIpc) is 2.61. The van der Waals surface area contributed by atoms with Crippen molar-refractivity contribution in [3.8, 4) is 0 Å². The smallest absolute Gasteiger partial charge is 0.243 e. The first kappa shape index (κ1) is 19.4. The molecule has 1 aromatic carbocycles. The van der Waals surface area contributed by atoms with Crippen LogP contribution in [0.3, 0.4) is 0 Å². The predicted molar refractivity (Wildman–Crippen MR) is 94.5 cm³/mol. The highest BCUT2D eigenvalue weighted by Gasteiger charge is 2.27. The second-order valence-corrected chi connectivity index (χ2v) is 7.88. The molecular weight excluding hydrogens is 344 g/mol. The second-order valence-electron chi connectivity index (χ2n) is 5.97. The second kappa shape index (κ2) is 8.41. The minimum Gasteiger partial charge on any atom is -0.346 e. The molecule has 2 rings (SSSR count). The molecule has 0 atom stereocenters. The summed E-state index contributed by atoms with van der Waals surface area (Å²) in [6.45, 7) is 2.34. The van der Waals surface area contributed by atoms with Crippen molar-refractivity contribution in [1.29, 1.82) is 0 Å². The van der Waals surface area contributed by atoms with Crippen molar-refractivity contribution in [3.63, 3.8) is 0 Å². The van der Waals surface area contributed by atoms with E-state index in [1.807, 2.05) is 0 Å². The molecule has 2 amide bonds. The van der Waals surface area contributed by atoms with Gasteiger partial charge in [0, 0.05) is 18.8 Å². The van der Waals surface area contributed by atoms with Crippen LogP contribution >= 0.6 is 0 Å². The summed E-state index contributed by atoms with van der Waals surface area (Å²) in [5.41, 5.74) is 6.14. The van der Waals surface area contributed by atoms with Gasteiger partial charge in [0.15, 0.2) is 0 Å². The standard InChI is InChI=1S/C16H24N4O4S/c1-12-5-6-13(19-16(22)11-18-15(21)10-17)9-14(12)25(23,24)20-7-3-2-4-8-20/h5-6,9H,2-4,7-8,10-11,17H2,1H3,(H,18,21)(H,19,22). The Labute approximate surface area is 147 Å². The maximum atomic E-state index is 12.8. The molecule has 0 spiro atoms. The minimum absolute atomic E-state index is 0.193. The largest absolute Gasteiger partial charge is 0.346 e. The molecule has 25 heavy (non-hydrogen) atoms. The van der Waals surface area contributed by atoms with Crippen LogP contribution in [-0.2, 0) is 19.6 Å². The van der Waals surface area contributed by atoms with Gasteiger partial charge in [0.25, 0.3) is 0 Å². The van der Waals surface area contributed by atoms with E-state index >= 15 is 0 Å².